The Labute approximate surface area is 147 Å². The zero-order valence-electron chi connectivity index (χ0n) is 14.2. The molecule has 0 fully saturated rings. The standard InChI is InChI=1S/C19H22N2O4/c1-14(15-7-8-17-18(13-15)25-12-11-24-17)21-19(22)20-9-10-23-16-5-3-2-4-6-16/h2-8,13-14H,9-12H2,1H3,(H2,20,21,22). The quantitative estimate of drug-likeness (QED) is 0.792. The van der Waals surface area contributed by atoms with E-state index in [9.17, 15) is 4.79 Å². The molecule has 0 radical (unpaired) electrons. The Bertz CT molecular complexity index is 706. The van der Waals surface area contributed by atoms with Crippen molar-refractivity contribution in [1.29, 1.82) is 0 Å². The summed E-state index contributed by atoms with van der Waals surface area (Å²) in [6, 6.07) is 14.8. The van der Waals surface area contributed by atoms with Crippen LogP contribution in [0.5, 0.6) is 17.2 Å². The van der Waals surface area contributed by atoms with E-state index in [0.717, 1.165) is 17.1 Å². The second-order valence-electron chi connectivity index (χ2n) is 5.69. The first-order valence-corrected chi connectivity index (χ1v) is 8.34. The number of hydrogen-bond donors (Lipinski definition) is 2. The third-order valence-corrected chi connectivity index (χ3v) is 3.81. The maximum absolute atomic E-state index is 12.0. The van der Waals surface area contributed by atoms with Gasteiger partial charge in [-0.2, -0.15) is 0 Å². The highest BCUT2D eigenvalue weighted by molar-refractivity contribution is 5.74. The normalized spacial score (nSPS) is 13.6. The minimum Gasteiger partial charge on any atom is -0.492 e. The van der Waals surface area contributed by atoms with E-state index in [4.69, 9.17) is 14.2 Å². The number of benzene rings is 2. The number of ether oxygens (including phenoxy) is 3. The van der Waals surface area contributed by atoms with Gasteiger partial charge in [0.2, 0.25) is 0 Å². The summed E-state index contributed by atoms with van der Waals surface area (Å²) in [5, 5.41) is 5.68. The topological polar surface area (TPSA) is 68.8 Å². The van der Waals surface area contributed by atoms with Crippen molar-refractivity contribution in [2.24, 2.45) is 0 Å². The molecule has 0 saturated carbocycles. The molecule has 6 nitrogen and oxygen atoms in total. The molecule has 2 aromatic carbocycles. The molecule has 1 aliphatic rings. The molecule has 0 aromatic heterocycles. The molecule has 0 aliphatic carbocycles. The number of rotatable bonds is 6. The maximum Gasteiger partial charge on any atom is 0.315 e. The molecule has 1 atom stereocenters. The highest BCUT2D eigenvalue weighted by Gasteiger charge is 2.15. The summed E-state index contributed by atoms with van der Waals surface area (Å²) in [5.41, 5.74) is 0.958. The van der Waals surface area contributed by atoms with E-state index in [1.165, 1.54) is 0 Å². The first-order valence-electron chi connectivity index (χ1n) is 8.34. The Balaban J connectivity index is 1.43. The summed E-state index contributed by atoms with van der Waals surface area (Å²) in [4.78, 5) is 12.0. The molecule has 1 unspecified atom stereocenters. The van der Waals surface area contributed by atoms with Crippen molar-refractivity contribution in [2.75, 3.05) is 26.4 Å². The second kappa shape index (κ2) is 8.28. The van der Waals surface area contributed by atoms with Crippen LogP contribution in [-0.4, -0.2) is 32.4 Å². The van der Waals surface area contributed by atoms with E-state index in [-0.39, 0.29) is 12.1 Å². The fourth-order valence-corrected chi connectivity index (χ4v) is 2.51. The van der Waals surface area contributed by atoms with Crippen LogP contribution in [0, 0.1) is 0 Å². The van der Waals surface area contributed by atoms with E-state index < -0.39 is 0 Å². The summed E-state index contributed by atoms with van der Waals surface area (Å²) in [6.07, 6.45) is 0. The van der Waals surface area contributed by atoms with Crippen LogP contribution in [0.1, 0.15) is 18.5 Å². The molecule has 2 aromatic rings. The van der Waals surface area contributed by atoms with Crippen molar-refractivity contribution < 1.29 is 19.0 Å². The van der Waals surface area contributed by atoms with Crippen molar-refractivity contribution in [3.05, 3.63) is 54.1 Å². The zero-order chi connectivity index (χ0) is 17.5. The molecule has 2 N–H and O–H groups in total. The first kappa shape index (κ1) is 17.0. The van der Waals surface area contributed by atoms with Crippen LogP contribution in [0.25, 0.3) is 0 Å². The van der Waals surface area contributed by atoms with Gasteiger partial charge >= 0.3 is 6.03 Å². The predicted molar refractivity (Wildman–Crippen MR) is 94.3 cm³/mol. The first-order chi connectivity index (χ1) is 12.2. The highest BCUT2D eigenvalue weighted by Crippen LogP contribution is 2.32. The van der Waals surface area contributed by atoms with Gasteiger partial charge in [-0.25, -0.2) is 4.79 Å². The number of carbonyl (C=O) groups is 1. The minimum atomic E-state index is -0.237. The van der Waals surface area contributed by atoms with Crippen molar-refractivity contribution >= 4 is 6.03 Å². The monoisotopic (exact) mass is 342 g/mol. The van der Waals surface area contributed by atoms with E-state index >= 15 is 0 Å². The lowest BCUT2D eigenvalue weighted by molar-refractivity contribution is 0.171. The number of nitrogens with one attached hydrogen (secondary N) is 2. The van der Waals surface area contributed by atoms with Crippen LogP contribution in [0.4, 0.5) is 4.79 Å². The average molecular weight is 342 g/mol. The Morgan fingerprint density at radius 1 is 1.12 bits per heavy atom. The summed E-state index contributed by atoms with van der Waals surface area (Å²) in [6.45, 7) is 3.86. The minimum absolute atomic E-state index is 0.147. The molecule has 25 heavy (non-hydrogen) atoms. The molecule has 2 amide bonds. The van der Waals surface area contributed by atoms with Gasteiger partial charge in [-0.15, -0.1) is 0 Å². The van der Waals surface area contributed by atoms with Crippen LogP contribution in [-0.2, 0) is 0 Å². The van der Waals surface area contributed by atoms with Crippen LogP contribution >= 0.6 is 0 Å². The molecular formula is C19H22N2O4. The molecule has 0 bridgehead atoms. The number of carbonyl (C=O) groups excluding carboxylic acids is 1. The van der Waals surface area contributed by atoms with Gasteiger partial charge < -0.3 is 24.8 Å². The van der Waals surface area contributed by atoms with Crippen molar-refractivity contribution in [3.8, 4) is 17.2 Å². The number of fused-ring (bicyclic) bond motifs is 1. The lowest BCUT2D eigenvalue weighted by Gasteiger charge is -2.21. The Kier molecular flexibility index (Phi) is 5.61. The van der Waals surface area contributed by atoms with Gasteiger partial charge in [0.15, 0.2) is 11.5 Å². The second-order valence-corrected chi connectivity index (χ2v) is 5.69. The zero-order valence-corrected chi connectivity index (χ0v) is 14.2. The third kappa shape index (κ3) is 4.79. The van der Waals surface area contributed by atoms with Crippen LogP contribution in [0.15, 0.2) is 48.5 Å². The van der Waals surface area contributed by atoms with Gasteiger partial charge in [0, 0.05) is 0 Å². The molecule has 3 rings (SSSR count). The molecule has 0 saturated heterocycles. The molecular weight excluding hydrogens is 320 g/mol. The predicted octanol–water partition coefficient (Wildman–Crippen LogP) is 2.90. The van der Waals surface area contributed by atoms with Crippen LogP contribution in [0.2, 0.25) is 0 Å². The Morgan fingerprint density at radius 2 is 1.88 bits per heavy atom. The SMILES string of the molecule is CC(NC(=O)NCCOc1ccccc1)c1ccc2c(c1)OCCO2. The van der Waals surface area contributed by atoms with E-state index in [2.05, 4.69) is 10.6 Å². The third-order valence-electron chi connectivity index (χ3n) is 3.81. The highest BCUT2D eigenvalue weighted by atomic mass is 16.6. The van der Waals surface area contributed by atoms with Crippen molar-refractivity contribution in [2.45, 2.75) is 13.0 Å². The fraction of sp³-hybridized carbons (Fsp3) is 0.316. The van der Waals surface area contributed by atoms with Gasteiger partial charge in [-0.1, -0.05) is 24.3 Å². The number of para-hydroxylation sites is 1. The van der Waals surface area contributed by atoms with E-state index in [0.29, 0.717) is 32.1 Å². The lowest BCUT2D eigenvalue weighted by Crippen LogP contribution is -2.39. The summed E-state index contributed by atoms with van der Waals surface area (Å²) in [7, 11) is 0. The van der Waals surface area contributed by atoms with Gasteiger partial charge in [0.25, 0.3) is 0 Å². The Morgan fingerprint density at radius 3 is 2.68 bits per heavy atom. The average Bonchev–Trinajstić information content (AvgIpc) is 2.65. The molecule has 1 aliphatic heterocycles. The summed E-state index contributed by atoms with van der Waals surface area (Å²) >= 11 is 0. The maximum atomic E-state index is 12.0. The largest absolute Gasteiger partial charge is 0.492 e. The van der Waals surface area contributed by atoms with E-state index in [1.807, 2.05) is 55.5 Å². The van der Waals surface area contributed by atoms with Gasteiger partial charge in [-0.3, -0.25) is 0 Å². The molecule has 6 heteroatoms. The van der Waals surface area contributed by atoms with Crippen LogP contribution in [0.3, 0.4) is 0 Å². The van der Waals surface area contributed by atoms with Gasteiger partial charge in [0.1, 0.15) is 25.6 Å². The number of hydrogen-bond acceptors (Lipinski definition) is 4. The summed E-state index contributed by atoms with van der Waals surface area (Å²) < 4.78 is 16.6. The van der Waals surface area contributed by atoms with Crippen molar-refractivity contribution in [3.63, 3.8) is 0 Å². The molecule has 1 heterocycles. The van der Waals surface area contributed by atoms with Gasteiger partial charge in [0.05, 0.1) is 12.6 Å². The fourth-order valence-electron chi connectivity index (χ4n) is 2.51. The summed E-state index contributed by atoms with van der Waals surface area (Å²) in [5.74, 6) is 2.24. The molecule has 132 valence electrons. The van der Waals surface area contributed by atoms with E-state index in [1.54, 1.807) is 0 Å². The lowest BCUT2D eigenvalue weighted by atomic mass is 10.1. The smallest absolute Gasteiger partial charge is 0.315 e. The number of urea groups is 1. The molecule has 0 spiro atoms. The Hall–Kier alpha value is -2.89. The van der Waals surface area contributed by atoms with Crippen LogP contribution < -0.4 is 24.8 Å². The number of amides is 2. The van der Waals surface area contributed by atoms with Gasteiger partial charge in [-0.05, 0) is 36.8 Å². The van der Waals surface area contributed by atoms with Crippen molar-refractivity contribution in [1.82, 2.24) is 10.6 Å².